The van der Waals surface area contributed by atoms with E-state index < -0.39 is 0 Å². The van der Waals surface area contributed by atoms with E-state index in [2.05, 4.69) is 23.0 Å². The molecule has 1 aromatic rings. The second kappa shape index (κ2) is 10.2. The van der Waals surface area contributed by atoms with Gasteiger partial charge in [-0.05, 0) is 32.8 Å². The second-order valence-corrected chi connectivity index (χ2v) is 8.29. The van der Waals surface area contributed by atoms with Gasteiger partial charge < -0.3 is 14.5 Å². The summed E-state index contributed by atoms with van der Waals surface area (Å²) in [5, 5.41) is 4.48. The van der Waals surface area contributed by atoms with Crippen LogP contribution in [0.4, 0.5) is 0 Å². The summed E-state index contributed by atoms with van der Waals surface area (Å²) in [5.74, 6) is 0.243. The van der Waals surface area contributed by atoms with E-state index in [9.17, 15) is 9.59 Å². The molecule has 8 nitrogen and oxygen atoms in total. The van der Waals surface area contributed by atoms with Crippen molar-refractivity contribution in [2.45, 2.75) is 39.7 Å². The Morgan fingerprint density at radius 3 is 2.69 bits per heavy atom. The third-order valence-electron chi connectivity index (χ3n) is 5.98. The number of likely N-dealkylation sites (tertiary alicyclic amines) is 1. The van der Waals surface area contributed by atoms with Gasteiger partial charge in [-0.3, -0.25) is 19.2 Å². The van der Waals surface area contributed by atoms with E-state index in [0.717, 1.165) is 57.2 Å². The van der Waals surface area contributed by atoms with Gasteiger partial charge in [0.2, 0.25) is 11.8 Å². The Kier molecular flexibility index (Phi) is 7.66. The van der Waals surface area contributed by atoms with Crippen LogP contribution >= 0.6 is 0 Å². The number of carbonyl (C=O) groups excluding carboxylic acids is 2. The Labute approximate surface area is 173 Å². The van der Waals surface area contributed by atoms with Gasteiger partial charge in [0.1, 0.15) is 0 Å². The number of aryl methyl sites for hydroxylation is 3. The molecule has 0 bridgehead atoms. The molecule has 2 aliphatic heterocycles. The molecule has 3 heterocycles. The summed E-state index contributed by atoms with van der Waals surface area (Å²) in [4.78, 5) is 31.3. The quantitative estimate of drug-likeness (QED) is 0.643. The minimum Gasteiger partial charge on any atom is -0.379 e. The summed E-state index contributed by atoms with van der Waals surface area (Å²) in [6.07, 6.45) is 2.00. The van der Waals surface area contributed by atoms with E-state index in [1.54, 1.807) is 0 Å². The maximum absolute atomic E-state index is 12.9. The number of nitrogens with zero attached hydrogens (tertiary/aromatic N) is 5. The first-order valence-corrected chi connectivity index (χ1v) is 10.8. The Morgan fingerprint density at radius 2 is 2.00 bits per heavy atom. The van der Waals surface area contributed by atoms with Gasteiger partial charge in [-0.25, -0.2) is 0 Å². The van der Waals surface area contributed by atoms with Crippen LogP contribution in [0.5, 0.6) is 0 Å². The van der Waals surface area contributed by atoms with E-state index >= 15 is 0 Å². The molecule has 2 fully saturated rings. The number of hydrogen-bond donors (Lipinski definition) is 0. The highest BCUT2D eigenvalue weighted by atomic mass is 16.5. The lowest BCUT2D eigenvalue weighted by atomic mass is 9.96. The summed E-state index contributed by atoms with van der Waals surface area (Å²) >= 11 is 0. The van der Waals surface area contributed by atoms with Gasteiger partial charge in [-0.2, -0.15) is 5.10 Å². The zero-order valence-corrected chi connectivity index (χ0v) is 18.1. The third-order valence-corrected chi connectivity index (χ3v) is 5.98. The van der Waals surface area contributed by atoms with Crippen LogP contribution in [0.2, 0.25) is 0 Å². The second-order valence-electron chi connectivity index (χ2n) is 8.29. The normalized spacial score (nSPS) is 20.9. The highest BCUT2D eigenvalue weighted by molar-refractivity contribution is 5.83. The number of morpholine rings is 1. The Bertz CT molecular complexity index is 698. The van der Waals surface area contributed by atoms with Crippen molar-refractivity contribution in [3.8, 4) is 0 Å². The Morgan fingerprint density at radius 1 is 1.24 bits per heavy atom. The van der Waals surface area contributed by atoms with E-state index in [4.69, 9.17) is 4.74 Å². The molecule has 8 heteroatoms. The molecule has 162 valence electrons. The van der Waals surface area contributed by atoms with Crippen LogP contribution in [-0.4, -0.2) is 95.8 Å². The third kappa shape index (κ3) is 6.02. The Balaban J connectivity index is 1.43. The van der Waals surface area contributed by atoms with Crippen LogP contribution in [0.15, 0.2) is 6.07 Å². The van der Waals surface area contributed by atoms with Crippen molar-refractivity contribution < 1.29 is 14.3 Å². The van der Waals surface area contributed by atoms with E-state index in [1.165, 1.54) is 0 Å². The fraction of sp³-hybridized carbons (Fsp3) is 0.762. The summed E-state index contributed by atoms with van der Waals surface area (Å²) in [5.41, 5.74) is 2.18. The molecule has 0 aliphatic carbocycles. The van der Waals surface area contributed by atoms with Gasteiger partial charge in [0.25, 0.3) is 0 Å². The number of piperidine rings is 1. The van der Waals surface area contributed by atoms with Crippen LogP contribution < -0.4 is 0 Å². The van der Waals surface area contributed by atoms with Crippen LogP contribution in [0, 0.1) is 19.8 Å². The lowest BCUT2D eigenvalue weighted by Gasteiger charge is -2.35. The van der Waals surface area contributed by atoms with Gasteiger partial charge in [0, 0.05) is 65.0 Å². The predicted molar refractivity (Wildman–Crippen MR) is 111 cm³/mol. The van der Waals surface area contributed by atoms with Gasteiger partial charge in [-0.1, -0.05) is 0 Å². The first kappa shape index (κ1) is 21.8. The lowest BCUT2D eigenvalue weighted by molar-refractivity contribution is -0.142. The molecular formula is C21H35N5O3. The number of amides is 2. The fourth-order valence-corrected chi connectivity index (χ4v) is 4.20. The van der Waals surface area contributed by atoms with Gasteiger partial charge in [0.05, 0.1) is 24.8 Å². The van der Waals surface area contributed by atoms with Crippen molar-refractivity contribution in [2.75, 3.05) is 59.5 Å². The summed E-state index contributed by atoms with van der Waals surface area (Å²) in [7, 11) is 1.87. The van der Waals surface area contributed by atoms with E-state index in [0.29, 0.717) is 32.5 Å². The highest BCUT2D eigenvalue weighted by Gasteiger charge is 2.31. The van der Waals surface area contributed by atoms with E-state index in [-0.39, 0.29) is 17.7 Å². The summed E-state index contributed by atoms with van der Waals surface area (Å²) < 4.78 is 7.38. The monoisotopic (exact) mass is 405 g/mol. The predicted octanol–water partition coefficient (Wildman–Crippen LogP) is 0.919. The number of rotatable bonds is 8. The minimum absolute atomic E-state index is 0.0870. The van der Waals surface area contributed by atoms with E-state index in [1.807, 2.05) is 28.5 Å². The fourth-order valence-electron chi connectivity index (χ4n) is 4.20. The van der Waals surface area contributed by atoms with Crippen LogP contribution in [-0.2, 0) is 20.9 Å². The summed E-state index contributed by atoms with van der Waals surface area (Å²) in [6, 6.07) is 2.07. The molecule has 0 unspecified atom stereocenters. The molecule has 29 heavy (non-hydrogen) atoms. The number of ether oxygens (including phenoxy) is 1. The van der Waals surface area contributed by atoms with Crippen molar-refractivity contribution in [3.05, 3.63) is 17.5 Å². The molecule has 0 radical (unpaired) electrons. The van der Waals surface area contributed by atoms with Crippen molar-refractivity contribution in [1.82, 2.24) is 24.5 Å². The molecule has 0 spiro atoms. The van der Waals surface area contributed by atoms with Gasteiger partial charge in [-0.15, -0.1) is 0 Å². The van der Waals surface area contributed by atoms with Gasteiger partial charge in [0.15, 0.2) is 0 Å². The molecule has 1 atom stereocenters. The molecule has 0 aromatic carbocycles. The standard InChI is InChI=1S/C21H35N5O3/c1-17-15-18(2)26(22-17)8-4-7-23(3)21(28)19-5-6-20(27)25(16-19)10-9-24-11-13-29-14-12-24/h15,19H,4-14,16H2,1-3H3/t19-/m1/s1. The lowest BCUT2D eigenvalue weighted by Crippen LogP contribution is -2.49. The molecule has 1 aromatic heterocycles. The number of hydrogen-bond acceptors (Lipinski definition) is 5. The van der Waals surface area contributed by atoms with Crippen molar-refractivity contribution in [2.24, 2.45) is 5.92 Å². The average molecular weight is 406 g/mol. The van der Waals surface area contributed by atoms with Crippen molar-refractivity contribution >= 4 is 11.8 Å². The smallest absolute Gasteiger partial charge is 0.227 e. The first-order chi connectivity index (χ1) is 13.9. The van der Waals surface area contributed by atoms with Gasteiger partial charge >= 0.3 is 0 Å². The molecule has 3 rings (SSSR count). The molecule has 0 N–H and O–H groups in total. The molecule has 2 amide bonds. The number of carbonyl (C=O) groups is 2. The SMILES string of the molecule is Cc1cc(C)n(CCCN(C)C(=O)[C@@H]2CCC(=O)N(CCN3CCOCC3)C2)n1. The van der Waals surface area contributed by atoms with Crippen molar-refractivity contribution in [3.63, 3.8) is 0 Å². The molecular weight excluding hydrogens is 370 g/mol. The topological polar surface area (TPSA) is 70.9 Å². The summed E-state index contributed by atoms with van der Waals surface area (Å²) in [6.45, 7) is 11.0. The van der Waals surface area contributed by atoms with Crippen LogP contribution in [0.25, 0.3) is 0 Å². The molecule has 2 aliphatic rings. The molecule has 2 saturated heterocycles. The first-order valence-electron chi connectivity index (χ1n) is 10.8. The Hall–Kier alpha value is -1.93. The molecule has 0 saturated carbocycles. The zero-order chi connectivity index (χ0) is 20.8. The average Bonchev–Trinajstić information content (AvgIpc) is 3.04. The largest absolute Gasteiger partial charge is 0.379 e. The zero-order valence-electron chi connectivity index (χ0n) is 18.1. The van der Waals surface area contributed by atoms with Crippen LogP contribution in [0.1, 0.15) is 30.7 Å². The van der Waals surface area contributed by atoms with Crippen molar-refractivity contribution in [1.29, 1.82) is 0 Å². The highest BCUT2D eigenvalue weighted by Crippen LogP contribution is 2.20. The maximum atomic E-state index is 12.9. The maximum Gasteiger partial charge on any atom is 0.227 e. The number of aromatic nitrogens is 2. The van der Waals surface area contributed by atoms with Crippen LogP contribution in [0.3, 0.4) is 0 Å². The minimum atomic E-state index is -0.0870.